The third kappa shape index (κ3) is 3.11. The molecule has 1 fully saturated rings. The molecule has 1 saturated carbocycles. The number of nitrogens with one attached hydrogen (secondary N) is 1. The highest BCUT2D eigenvalue weighted by atomic mass is 15.4. The van der Waals surface area contributed by atoms with E-state index < -0.39 is 0 Å². The van der Waals surface area contributed by atoms with Crippen LogP contribution in [0.5, 0.6) is 0 Å². The minimum atomic E-state index is -0.0699. The van der Waals surface area contributed by atoms with Gasteiger partial charge >= 0.3 is 0 Å². The molecule has 3 rings (SSSR count). The Morgan fingerprint density at radius 3 is 2.55 bits per heavy atom. The van der Waals surface area contributed by atoms with Crippen molar-refractivity contribution < 1.29 is 0 Å². The second kappa shape index (κ2) is 5.68. The molecule has 2 atom stereocenters. The molecule has 2 heterocycles. The smallest absolute Gasteiger partial charge is 0.228 e. The zero-order valence-corrected chi connectivity index (χ0v) is 13.5. The van der Waals surface area contributed by atoms with E-state index in [-0.39, 0.29) is 5.54 Å². The maximum Gasteiger partial charge on any atom is 0.228 e. The number of hydrogen-bond donors (Lipinski definition) is 2. The molecule has 0 aromatic carbocycles. The highest BCUT2D eigenvalue weighted by molar-refractivity contribution is 5.48. The molecule has 6 heteroatoms. The van der Waals surface area contributed by atoms with Crippen molar-refractivity contribution in [1.29, 1.82) is 0 Å². The van der Waals surface area contributed by atoms with Gasteiger partial charge in [-0.25, -0.2) is 9.97 Å². The number of nitrogens with two attached hydrogens (primary N) is 1. The summed E-state index contributed by atoms with van der Waals surface area (Å²) >= 11 is 0. The molecule has 0 radical (unpaired) electrons. The van der Waals surface area contributed by atoms with Gasteiger partial charge in [0.1, 0.15) is 0 Å². The van der Waals surface area contributed by atoms with Crippen molar-refractivity contribution in [2.75, 3.05) is 5.32 Å². The molecule has 0 unspecified atom stereocenters. The van der Waals surface area contributed by atoms with Crippen LogP contribution < -0.4 is 11.1 Å². The first-order valence-corrected chi connectivity index (χ1v) is 7.83. The van der Waals surface area contributed by atoms with Crippen LogP contribution in [0.4, 0.5) is 11.8 Å². The van der Waals surface area contributed by atoms with Crippen molar-refractivity contribution in [1.82, 2.24) is 19.7 Å². The number of rotatable bonds is 3. The third-order valence-corrected chi connectivity index (χ3v) is 4.07. The van der Waals surface area contributed by atoms with Gasteiger partial charge in [-0.05, 0) is 46.1 Å². The number of nitrogens with zero attached hydrogens (tertiary/aromatic N) is 4. The van der Waals surface area contributed by atoms with Gasteiger partial charge in [0.25, 0.3) is 0 Å². The van der Waals surface area contributed by atoms with E-state index in [2.05, 4.69) is 46.8 Å². The molecule has 2 aromatic rings. The fraction of sp³-hybridized carbons (Fsp3) is 0.562. The van der Waals surface area contributed by atoms with Gasteiger partial charge in [0.05, 0.1) is 5.54 Å². The van der Waals surface area contributed by atoms with Crippen LogP contribution in [0, 0.1) is 0 Å². The Labute approximate surface area is 131 Å². The zero-order valence-electron chi connectivity index (χ0n) is 13.5. The van der Waals surface area contributed by atoms with Crippen LogP contribution in [-0.4, -0.2) is 25.8 Å². The predicted octanol–water partition coefficient (Wildman–Crippen LogP) is 2.77. The molecule has 0 amide bonds. The maximum absolute atomic E-state index is 6.09. The molecular formula is C16H24N6. The lowest BCUT2D eigenvalue weighted by molar-refractivity contribution is 0.336. The maximum atomic E-state index is 6.09. The standard InChI is InChI=1S/C16H24N6/c1-16(2,3)22-13(11-5-6-12(17)9-11)10-14(21-22)20-15-18-7-4-8-19-15/h4,7-8,10-12H,5-6,9,17H2,1-3H3,(H,18,19,20,21)/t11-,12+/m0/s1. The summed E-state index contributed by atoms with van der Waals surface area (Å²) in [7, 11) is 0. The molecule has 1 aliphatic carbocycles. The fourth-order valence-corrected chi connectivity index (χ4v) is 3.05. The molecule has 3 N–H and O–H groups in total. The van der Waals surface area contributed by atoms with Crippen molar-refractivity contribution in [3.05, 3.63) is 30.2 Å². The first-order valence-electron chi connectivity index (χ1n) is 7.83. The van der Waals surface area contributed by atoms with Gasteiger partial charge in [-0.1, -0.05) is 0 Å². The second-order valence-corrected chi connectivity index (χ2v) is 7.00. The van der Waals surface area contributed by atoms with Crippen LogP contribution in [0.25, 0.3) is 0 Å². The summed E-state index contributed by atoms with van der Waals surface area (Å²) in [5.74, 6) is 1.83. The molecule has 22 heavy (non-hydrogen) atoms. The van der Waals surface area contributed by atoms with Crippen LogP contribution in [0.15, 0.2) is 24.5 Å². The Hall–Kier alpha value is -1.95. The first kappa shape index (κ1) is 15.0. The van der Waals surface area contributed by atoms with E-state index >= 15 is 0 Å². The van der Waals surface area contributed by atoms with E-state index in [0.29, 0.717) is 17.9 Å². The second-order valence-electron chi connectivity index (χ2n) is 7.00. The van der Waals surface area contributed by atoms with Crippen LogP contribution >= 0.6 is 0 Å². The number of aromatic nitrogens is 4. The highest BCUT2D eigenvalue weighted by Gasteiger charge is 2.30. The average molecular weight is 300 g/mol. The normalized spacial score (nSPS) is 22.0. The van der Waals surface area contributed by atoms with Crippen LogP contribution in [0.2, 0.25) is 0 Å². The lowest BCUT2D eigenvalue weighted by Crippen LogP contribution is -2.26. The molecule has 0 aliphatic heterocycles. The Kier molecular flexibility index (Phi) is 3.87. The SMILES string of the molecule is CC(C)(C)n1nc(Nc2ncccn2)cc1[C@H]1CC[C@@H](N)C1. The summed E-state index contributed by atoms with van der Waals surface area (Å²) in [6.45, 7) is 6.50. The van der Waals surface area contributed by atoms with Gasteiger partial charge in [0, 0.05) is 36.1 Å². The van der Waals surface area contributed by atoms with Crippen LogP contribution in [0.1, 0.15) is 51.6 Å². The van der Waals surface area contributed by atoms with E-state index in [1.54, 1.807) is 18.5 Å². The van der Waals surface area contributed by atoms with Gasteiger partial charge in [0.15, 0.2) is 5.82 Å². The van der Waals surface area contributed by atoms with Crippen molar-refractivity contribution in [3.8, 4) is 0 Å². The Morgan fingerprint density at radius 1 is 1.23 bits per heavy atom. The summed E-state index contributed by atoms with van der Waals surface area (Å²) in [4.78, 5) is 8.39. The summed E-state index contributed by atoms with van der Waals surface area (Å²) in [5, 5.41) is 7.92. The van der Waals surface area contributed by atoms with Gasteiger partial charge < -0.3 is 11.1 Å². The van der Waals surface area contributed by atoms with Gasteiger partial charge in [-0.3, -0.25) is 4.68 Å². The summed E-state index contributed by atoms with van der Waals surface area (Å²) < 4.78 is 2.11. The van der Waals surface area contributed by atoms with E-state index in [1.165, 1.54) is 5.69 Å². The monoisotopic (exact) mass is 300 g/mol. The molecule has 0 bridgehead atoms. The summed E-state index contributed by atoms with van der Waals surface area (Å²) in [6.07, 6.45) is 6.68. The van der Waals surface area contributed by atoms with E-state index in [1.807, 2.05) is 0 Å². The summed E-state index contributed by atoms with van der Waals surface area (Å²) in [6, 6.07) is 4.22. The first-order chi connectivity index (χ1) is 10.4. The van der Waals surface area contributed by atoms with Gasteiger partial charge in [-0.2, -0.15) is 5.10 Å². The number of hydrogen-bond acceptors (Lipinski definition) is 5. The largest absolute Gasteiger partial charge is 0.328 e. The van der Waals surface area contributed by atoms with Gasteiger partial charge in [-0.15, -0.1) is 0 Å². The topological polar surface area (TPSA) is 81.7 Å². The Bertz CT molecular complexity index is 628. The third-order valence-electron chi connectivity index (χ3n) is 4.07. The van der Waals surface area contributed by atoms with Crippen molar-refractivity contribution >= 4 is 11.8 Å². The minimum absolute atomic E-state index is 0.0699. The molecule has 0 saturated heterocycles. The lowest BCUT2D eigenvalue weighted by Gasteiger charge is -2.24. The average Bonchev–Trinajstić information content (AvgIpc) is 3.06. The summed E-state index contributed by atoms with van der Waals surface area (Å²) in [5.41, 5.74) is 7.27. The molecular weight excluding hydrogens is 276 g/mol. The Morgan fingerprint density at radius 2 is 1.95 bits per heavy atom. The fourth-order valence-electron chi connectivity index (χ4n) is 3.05. The highest BCUT2D eigenvalue weighted by Crippen LogP contribution is 2.36. The van der Waals surface area contributed by atoms with Crippen LogP contribution in [0.3, 0.4) is 0 Å². The van der Waals surface area contributed by atoms with Crippen molar-refractivity contribution in [2.45, 2.75) is 57.5 Å². The quantitative estimate of drug-likeness (QED) is 0.911. The molecule has 6 nitrogen and oxygen atoms in total. The van der Waals surface area contributed by atoms with Gasteiger partial charge in [0.2, 0.25) is 5.95 Å². The van der Waals surface area contributed by atoms with E-state index in [4.69, 9.17) is 10.8 Å². The van der Waals surface area contributed by atoms with Crippen molar-refractivity contribution in [3.63, 3.8) is 0 Å². The molecule has 0 spiro atoms. The van der Waals surface area contributed by atoms with Crippen molar-refractivity contribution in [2.24, 2.45) is 5.73 Å². The molecule has 118 valence electrons. The minimum Gasteiger partial charge on any atom is -0.328 e. The zero-order chi connectivity index (χ0) is 15.7. The Balaban J connectivity index is 1.91. The predicted molar refractivity (Wildman–Crippen MR) is 87.1 cm³/mol. The van der Waals surface area contributed by atoms with E-state index in [0.717, 1.165) is 25.1 Å². The van der Waals surface area contributed by atoms with Crippen LogP contribution in [-0.2, 0) is 5.54 Å². The van der Waals surface area contributed by atoms with E-state index in [9.17, 15) is 0 Å². The molecule has 2 aromatic heterocycles. The molecule has 1 aliphatic rings. The number of anilines is 2. The lowest BCUT2D eigenvalue weighted by atomic mass is 10.0.